The van der Waals surface area contributed by atoms with Gasteiger partial charge in [-0.3, -0.25) is 8.98 Å². The maximum Gasteiger partial charge on any atom is 0.264 e. The summed E-state index contributed by atoms with van der Waals surface area (Å²) in [7, 11) is -3.59. The number of carbonyl (C=O) groups is 1. The van der Waals surface area contributed by atoms with Gasteiger partial charge >= 0.3 is 0 Å². The first-order valence-electron chi connectivity index (χ1n) is 10.6. The van der Waals surface area contributed by atoms with E-state index in [0.717, 1.165) is 12.7 Å². The Bertz CT molecular complexity index is 971. The lowest BCUT2D eigenvalue weighted by Crippen LogP contribution is -2.67. The molecule has 9 aliphatic rings. The van der Waals surface area contributed by atoms with Crippen molar-refractivity contribution in [2.45, 2.75) is 18.4 Å². The summed E-state index contributed by atoms with van der Waals surface area (Å²) in [5, 5.41) is 12.5. The van der Waals surface area contributed by atoms with Gasteiger partial charge in [-0.2, -0.15) is 8.42 Å². The molecule has 0 saturated heterocycles. The third-order valence-corrected chi connectivity index (χ3v) is 11.8. The van der Waals surface area contributed by atoms with Crippen LogP contribution in [0.4, 0.5) is 0 Å². The van der Waals surface area contributed by atoms with Crippen LogP contribution in [0.25, 0.3) is 0 Å². The van der Waals surface area contributed by atoms with Crippen molar-refractivity contribution in [3.8, 4) is 0 Å². The minimum Gasteiger partial charge on any atom is -0.389 e. The molecule has 8 fully saturated rings. The molecule has 0 radical (unpaired) electrons. The van der Waals surface area contributed by atoms with E-state index in [-0.39, 0.29) is 36.1 Å². The largest absolute Gasteiger partial charge is 0.389 e. The van der Waals surface area contributed by atoms with Crippen molar-refractivity contribution in [3.05, 3.63) is 12.2 Å². The predicted octanol–water partition coefficient (Wildman–Crippen LogP) is 1.09. The molecular formula is C21H24O5S. The first kappa shape index (κ1) is 15.2. The van der Waals surface area contributed by atoms with Crippen molar-refractivity contribution in [2.24, 2.45) is 76.4 Å². The van der Waals surface area contributed by atoms with Gasteiger partial charge in [0.1, 0.15) is 0 Å². The first-order valence-corrected chi connectivity index (χ1v) is 12.4. The first-order chi connectivity index (χ1) is 12.8. The normalized spacial score (nSPS) is 69.6. The third-order valence-electron chi connectivity index (χ3n) is 11.2. The maximum atomic E-state index is 12.9. The minimum atomic E-state index is -3.59. The van der Waals surface area contributed by atoms with E-state index < -0.39 is 21.1 Å². The summed E-state index contributed by atoms with van der Waals surface area (Å²) in [5.41, 5.74) is -1.34. The van der Waals surface area contributed by atoms with Crippen LogP contribution in [0, 0.1) is 76.4 Å². The van der Waals surface area contributed by atoms with Crippen LogP contribution in [-0.4, -0.2) is 37.8 Å². The number of carbonyl (C=O) groups excluding carboxylic acids is 1. The van der Waals surface area contributed by atoms with Gasteiger partial charge in [-0.1, -0.05) is 6.08 Å². The van der Waals surface area contributed by atoms with Gasteiger partial charge in [0.2, 0.25) is 0 Å². The molecule has 9 bridgehead atoms. The second-order valence-corrected chi connectivity index (χ2v) is 12.7. The van der Waals surface area contributed by atoms with E-state index >= 15 is 0 Å². The zero-order valence-electron chi connectivity index (χ0n) is 15.2. The number of hydrogen-bond acceptors (Lipinski definition) is 5. The fraction of sp³-hybridized carbons (Fsp3) is 0.857. The van der Waals surface area contributed by atoms with Gasteiger partial charge in [0.05, 0.1) is 18.5 Å². The average molecular weight is 388 g/mol. The van der Waals surface area contributed by atoms with Crippen molar-refractivity contribution in [3.63, 3.8) is 0 Å². The number of allylic oxidation sites excluding steroid dienone is 2. The van der Waals surface area contributed by atoms with Crippen LogP contribution in [0.1, 0.15) is 12.8 Å². The van der Waals surface area contributed by atoms with Crippen LogP contribution in [0.15, 0.2) is 12.2 Å². The van der Waals surface area contributed by atoms with Crippen LogP contribution < -0.4 is 0 Å². The van der Waals surface area contributed by atoms with E-state index in [0.29, 0.717) is 47.3 Å². The molecule has 9 aliphatic carbocycles. The van der Waals surface area contributed by atoms with Crippen molar-refractivity contribution >= 4 is 15.9 Å². The fourth-order valence-electron chi connectivity index (χ4n) is 11.8. The van der Waals surface area contributed by atoms with E-state index in [2.05, 4.69) is 6.08 Å². The zero-order valence-corrected chi connectivity index (χ0v) is 16.0. The molecular weight excluding hydrogens is 364 g/mol. The number of ketones is 1. The summed E-state index contributed by atoms with van der Waals surface area (Å²) in [6.07, 6.45) is 7.26. The molecule has 8 saturated carbocycles. The standard InChI is InChI=1S/C21H24O5S/c1-27(24,25)26-6-20-17-8-2-4-9-11(8)14-16(17)15-13(19(14)21(9,20)23)7-3-5-10(22)12(7)18(15)20/h3,5,7-9,11-19,23H,2,4,6H2,1H3/t7-,8+,9+,11+,12+,13+,14-,15+,16-,17-,18+,19+,20+,21+/m0/s1. The summed E-state index contributed by atoms with van der Waals surface area (Å²) in [4.78, 5) is 12.9. The number of rotatable bonds is 3. The summed E-state index contributed by atoms with van der Waals surface area (Å²) in [6, 6.07) is 0. The van der Waals surface area contributed by atoms with E-state index in [4.69, 9.17) is 4.18 Å². The molecule has 0 amide bonds. The highest BCUT2D eigenvalue weighted by Gasteiger charge is 2.96. The molecule has 14 atom stereocenters. The molecule has 9 rings (SSSR count). The Kier molecular flexibility index (Phi) is 2.16. The summed E-state index contributed by atoms with van der Waals surface area (Å²) in [6.45, 7) is 0.0941. The SMILES string of the molecule is CS(=O)(=O)OC[C@@]12[C@@H]3[C@H]4C(=O)C=C[C@@H]4[C@@H]4[C@@H]3[C@@H]3[C@@H]5[C@@H]6[C@@H](CC[C@H]6[C@@]1(O)[C@@H]54)[C@@H]32. The molecule has 0 aliphatic heterocycles. The lowest BCUT2D eigenvalue weighted by Gasteiger charge is -2.60. The number of fused-ring (bicyclic) bond motifs is 1. The second-order valence-electron chi connectivity index (χ2n) is 11.0. The molecule has 0 aromatic heterocycles. The van der Waals surface area contributed by atoms with Gasteiger partial charge in [0.15, 0.2) is 5.78 Å². The summed E-state index contributed by atoms with van der Waals surface area (Å²) in [5.74, 6) is 4.90. The number of aliphatic hydroxyl groups is 1. The highest BCUT2D eigenvalue weighted by molar-refractivity contribution is 7.85. The van der Waals surface area contributed by atoms with E-state index in [9.17, 15) is 18.3 Å². The molecule has 5 nitrogen and oxygen atoms in total. The third kappa shape index (κ3) is 1.15. The Hall–Kier alpha value is -0.720. The number of hydrogen-bond donors (Lipinski definition) is 1. The second kappa shape index (κ2) is 3.84. The Morgan fingerprint density at radius 3 is 2.63 bits per heavy atom. The fourth-order valence-corrected chi connectivity index (χ4v) is 12.2. The van der Waals surface area contributed by atoms with Crippen molar-refractivity contribution in [1.29, 1.82) is 0 Å². The minimum absolute atomic E-state index is 0.0396. The predicted molar refractivity (Wildman–Crippen MR) is 93.4 cm³/mol. The van der Waals surface area contributed by atoms with Gasteiger partial charge in [-0.15, -0.1) is 0 Å². The van der Waals surface area contributed by atoms with Crippen molar-refractivity contribution in [2.75, 3.05) is 12.9 Å². The quantitative estimate of drug-likeness (QED) is 0.732. The Labute approximate surface area is 158 Å². The van der Waals surface area contributed by atoms with E-state index in [1.165, 1.54) is 6.42 Å². The van der Waals surface area contributed by atoms with Crippen LogP contribution in [0.5, 0.6) is 0 Å². The van der Waals surface area contributed by atoms with Gasteiger partial charge < -0.3 is 5.11 Å². The molecule has 1 N–H and O–H groups in total. The van der Waals surface area contributed by atoms with E-state index in [1.54, 1.807) is 6.08 Å². The lowest BCUT2D eigenvalue weighted by atomic mass is 9.47. The molecule has 0 aromatic rings. The highest BCUT2D eigenvalue weighted by Crippen LogP contribution is 2.95. The highest BCUT2D eigenvalue weighted by atomic mass is 32.2. The van der Waals surface area contributed by atoms with Crippen LogP contribution in [0.2, 0.25) is 0 Å². The summed E-state index contributed by atoms with van der Waals surface area (Å²) >= 11 is 0. The maximum absolute atomic E-state index is 12.9. The van der Waals surface area contributed by atoms with Gasteiger partial charge in [-0.25, -0.2) is 0 Å². The molecule has 0 spiro atoms. The molecule has 144 valence electrons. The van der Waals surface area contributed by atoms with Gasteiger partial charge in [-0.05, 0) is 84.0 Å². The molecule has 27 heavy (non-hydrogen) atoms. The lowest BCUT2D eigenvalue weighted by molar-refractivity contribution is -0.236. The van der Waals surface area contributed by atoms with Crippen LogP contribution in [-0.2, 0) is 19.1 Å². The van der Waals surface area contributed by atoms with Crippen molar-refractivity contribution in [1.82, 2.24) is 0 Å². The van der Waals surface area contributed by atoms with Crippen LogP contribution in [0.3, 0.4) is 0 Å². The average Bonchev–Trinajstić information content (AvgIpc) is 3.34. The topological polar surface area (TPSA) is 80.7 Å². The molecule has 0 aromatic carbocycles. The summed E-state index contributed by atoms with van der Waals surface area (Å²) < 4.78 is 29.4. The van der Waals surface area contributed by atoms with Crippen LogP contribution >= 0.6 is 0 Å². The monoisotopic (exact) mass is 388 g/mol. The zero-order chi connectivity index (χ0) is 18.2. The molecule has 6 heteroatoms. The Balaban J connectivity index is 1.42. The van der Waals surface area contributed by atoms with Gasteiger partial charge in [0, 0.05) is 11.3 Å². The Morgan fingerprint density at radius 1 is 1.11 bits per heavy atom. The molecule has 0 unspecified atom stereocenters. The Morgan fingerprint density at radius 2 is 1.85 bits per heavy atom. The van der Waals surface area contributed by atoms with E-state index in [1.807, 2.05) is 0 Å². The smallest absolute Gasteiger partial charge is 0.264 e. The molecule has 0 heterocycles. The van der Waals surface area contributed by atoms with Gasteiger partial charge in [0.25, 0.3) is 10.1 Å². The van der Waals surface area contributed by atoms with Crippen molar-refractivity contribution < 1.29 is 22.5 Å².